The van der Waals surface area contributed by atoms with Crippen molar-refractivity contribution in [3.8, 4) is 5.75 Å². The van der Waals surface area contributed by atoms with Crippen LogP contribution >= 0.6 is 0 Å². The lowest BCUT2D eigenvalue weighted by Gasteiger charge is -2.22. The fourth-order valence-corrected chi connectivity index (χ4v) is 2.37. The van der Waals surface area contributed by atoms with Crippen molar-refractivity contribution in [1.29, 1.82) is 0 Å². The van der Waals surface area contributed by atoms with Crippen LogP contribution in [0.5, 0.6) is 5.75 Å². The summed E-state index contributed by atoms with van der Waals surface area (Å²) in [6.45, 7) is 6.02. The number of nitrogens with zero attached hydrogens (tertiary/aromatic N) is 1. The second-order valence-corrected chi connectivity index (χ2v) is 6.72. The molecule has 0 unspecified atom stereocenters. The average Bonchev–Trinajstić information content (AvgIpc) is 2.59. The third-order valence-corrected chi connectivity index (χ3v) is 3.64. The SMILES string of the molecule is CC(C)(C)c1ccccc1OCC(=O)N/N=C/c1ccccc1C(=O)O. The Bertz CT molecular complexity index is 823. The van der Waals surface area contributed by atoms with Crippen LogP contribution in [0.1, 0.15) is 42.3 Å². The van der Waals surface area contributed by atoms with Gasteiger partial charge in [0, 0.05) is 5.56 Å². The Morgan fingerprint density at radius 3 is 2.46 bits per heavy atom. The first-order valence-corrected chi connectivity index (χ1v) is 8.15. The van der Waals surface area contributed by atoms with Crippen LogP contribution in [0.2, 0.25) is 0 Å². The van der Waals surface area contributed by atoms with Crippen molar-refractivity contribution in [2.45, 2.75) is 26.2 Å². The smallest absolute Gasteiger partial charge is 0.336 e. The number of benzene rings is 2. The third-order valence-electron chi connectivity index (χ3n) is 3.64. The number of nitrogens with one attached hydrogen (secondary N) is 1. The summed E-state index contributed by atoms with van der Waals surface area (Å²) < 4.78 is 5.61. The van der Waals surface area contributed by atoms with E-state index >= 15 is 0 Å². The molecule has 0 aliphatic rings. The lowest BCUT2D eigenvalue weighted by atomic mass is 9.86. The van der Waals surface area contributed by atoms with Gasteiger partial charge in [-0.15, -0.1) is 0 Å². The first-order valence-electron chi connectivity index (χ1n) is 8.15. The number of hydrogen-bond donors (Lipinski definition) is 2. The van der Waals surface area contributed by atoms with Crippen LogP contribution in [0.25, 0.3) is 0 Å². The Kier molecular flexibility index (Phi) is 6.11. The molecule has 6 heteroatoms. The molecule has 0 saturated heterocycles. The largest absolute Gasteiger partial charge is 0.483 e. The Hall–Kier alpha value is -3.15. The van der Waals surface area contributed by atoms with Gasteiger partial charge in [-0.1, -0.05) is 57.2 Å². The van der Waals surface area contributed by atoms with Gasteiger partial charge in [0.05, 0.1) is 11.8 Å². The van der Waals surface area contributed by atoms with Gasteiger partial charge in [-0.25, -0.2) is 10.2 Å². The van der Waals surface area contributed by atoms with Crippen LogP contribution in [0, 0.1) is 0 Å². The summed E-state index contributed by atoms with van der Waals surface area (Å²) in [6, 6.07) is 14.0. The second kappa shape index (κ2) is 8.29. The molecule has 0 atom stereocenters. The zero-order chi connectivity index (χ0) is 19.2. The molecule has 6 nitrogen and oxygen atoms in total. The van der Waals surface area contributed by atoms with Gasteiger partial charge in [-0.3, -0.25) is 4.79 Å². The van der Waals surface area contributed by atoms with Crippen molar-refractivity contribution in [3.63, 3.8) is 0 Å². The first-order chi connectivity index (χ1) is 12.3. The van der Waals surface area contributed by atoms with E-state index in [9.17, 15) is 9.59 Å². The Balaban J connectivity index is 1.96. The highest BCUT2D eigenvalue weighted by Gasteiger charge is 2.18. The van der Waals surface area contributed by atoms with Gasteiger partial charge in [0.2, 0.25) is 0 Å². The summed E-state index contributed by atoms with van der Waals surface area (Å²) in [4.78, 5) is 23.0. The van der Waals surface area contributed by atoms with E-state index in [1.54, 1.807) is 18.2 Å². The van der Waals surface area contributed by atoms with Crippen molar-refractivity contribution >= 4 is 18.1 Å². The van der Waals surface area contributed by atoms with E-state index in [0.29, 0.717) is 11.3 Å². The van der Waals surface area contributed by atoms with Gasteiger partial charge < -0.3 is 9.84 Å². The van der Waals surface area contributed by atoms with Gasteiger partial charge >= 0.3 is 5.97 Å². The summed E-state index contributed by atoms with van der Waals surface area (Å²) in [5.41, 5.74) is 3.75. The highest BCUT2D eigenvalue weighted by atomic mass is 16.5. The van der Waals surface area contributed by atoms with E-state index in [0.717, 1.165) is 5.56 Å². The van der Waals surface area contributed by atoms with Gasteiger partial charge in [0.25, 0.3) is 5.91 Å². The average molecular weight is 354 g/mol. The summed E-state index contributed by atoms with van der Waals surface area (Å²) >= 11 is 0. The first kappa shape index (κ1) is 19.2. The van der Waals surface area contributed by atoms with E-state index < -0.39 is 11.9 Å². The number of hydrazone groups is 1. The summed E-state index contributed by atoms with van der Waals surface area (Å²) in [5.74, 6) is -0.839. The van der Waals surface area contributed by atoms with Crippen LogP contribution in [0.3, 0.4) is 0 Å². The molecule has 136 valence electrons. The Labute approximate surface area is 152 Å². The number of carboxylic acids is 1. The molecule has 26 heavy (non-hydrogen) atoms. The van der Waals surface area contributed by atoms with Gasteiger partial charge in [-0.2, -0.15) is 5.10 Å². The highest BCUT2D eigenvalue weighted by molar-refractivity contribution is 5.98. The number of para-hydroxylation sites is 1. The molecule has 0 spiro atoms. The lowest BCUT2D eigenvalue weighted by molar-refractivity contribution is -0.123. The molecule has 1 amide bonds. The summed E-state index contributed by atoms with van der Waals surface area (Å²) in [5, 5.41) is 12.9. The molecule has 0 saturated carbocycles. The molecule has 0 aromatic heterocycles. The molecular formula is C20H22N2O4. The molecule has 0 aliphatic carbocycles. The third kappa shape index (κ3) is 5.17. The van der Waals surface area contributed by atoms with Crippen molar-refractivity contribution < 1.29 is 19.4 Å². The molecule has 0 bridgehead atoms. The molecular weight excluding hydrogens is 332 g/mol. The highest BCUT2D eigenvalue weighted by Crippen LogP contribution is 2.30. The van der Waals surface area contributed by atoms with Crippen molar-refractivity contribution in [2.75, 3.05) is 6.61 Å². The number of rotatable bonds is 6. The number of carbonyl (C=O) groups excluding carboxylic acids is 1. The predicted molar refractivity (Wildman–Crippen MR) is 99.8 cm³/mol. The van der Waals surface area contributed by atoms with Crippen LogP contribution in [0.15, 0.2) is 53.6 Å². The number of aromatic carboxylic acids is 1. The molecule has 2 aromatic carbocycles. The van der Waals surface area contributed by atoms with Crippen LogP contribution in [-0.4, -0.2) is 29.8 Å². The van der Waals surface area contributed by atoms with E-state index in [4.69, 9.17) is 9.84 Å². The zero-order valence-corrected chi connectivity index (χ0v) is 15.0. The fraction of sp³-hybridized carbons (Fsp3) is 0.250. The van der Waals surface area contributed by atoms with Gasteiger partial charge in [0.15, 0.2) is 6.61 Å². The number of carbonyl (C=O) groups is 2. The lowest BCUT2D eigenvalue weighted by Crippen LogP contribution is -2.25. The quantitative estimate of drug-likeness (QED) is 0.616. The molecule has 0 radical (unpaired) electrons. The number of hydrogen-bond acceptors (Lipinski definition) is 4. The minimum Gasteiger partial charge on any atom is -0.483 e. The predicted octanol–water partition coefficient (Wildman–Crippen LogP) is 3.21. The van der Waals surface area contributed by atoms with E-state index in [1.807, 2.05) is 24.3 Å². The molecule has 2 aromatic rings. The maximum absolute atomic E-state index is 11.9. The maximum atomic E-state index is 11.9. The minimum absolute atomic E-state index is 0.105. The van der Waals surface area contributed by atoms with Crippen LogP contribution < -0.4 is 10.2 Å². The molecule has 2 N–H and O–H groups in total. The zero-order valence-electron chi connectivity index (χ0n) is 15.0. The minimum atomic E-state index is -1.06. The molecule has 0 aliphatic heterocycles. The maximum Gasteiger partial charge on any atom is 0.336 e. The van der Waals surface area contributed by atoms with Crippen molar-refractivity contribution in [2.24, 2.45) is 5.10 Å². The standard InChI is InChI=1S/C20H22N2O4/c1-20(2,3)16-10-6-7-11-17(16)26-13-18(23)22-21-12-14-8-4-5-9-15(14)19(24)25/h4-12H,13H2,1-3H3,(H,22,23)(H,24,25)/b21-12+. The summed E-state index contributed by atoms with van der Waals surface area (Å²) in [7, 11) is 0. The van der Waals surface area contributed by atoms with Gasteiger partial charge in [0.1, 0.15) is 5.75 Å². The monoisotopic (exact) mass is 354 g/mol. The molecule has 0 heterocycles. The van der Waals surface area contributed by atoms with Crippen LogP contribution in [0.4, 0.5) is 0 Å². The fourth-order valence-electron chi connectivity index (χ4n) is 2.37. The number of ether oxygens (including phenoxy) is 1. The van der Waals surface area contributed by atoms with E-state index in [2.05, 4.69) is 31.3 Å². The van der Waals surface area contributed by atoms with Crippen LogP contribution in [-0.2, 0) is 10.2 Å². The van der Waals surface area contributed by atoms with E-state index in [-0.39, 0.29) is 17.6 Å². The number of carboxylic acid groups (broad SMARTS) is 1. The molecule has 2 rings (SSSR count). The van der Waals surface area contributed by atoms with E-state index in [1.165, 1.54) is 12.3 Å². The topological polar surface area (TPSA) is 88.0 Å². The Morgan fingerprint density at radius 2 is 1.77 bits per heavy atom. The van der Waals surface area contributed by atoms with Gasteiger partial charge in [-0.05, 0) is 23.1 Å². The number of amides is 1. The normalized spacial score (nSPS) is 11.3. The Morgan fingerprint density at radius 1 is 1.12 bits per heavy atom. The second-order valence-electron chi connectivity index (χ2n) is 6.72. The summed E-state index contributed by atoms with van der Waals surface area (Å²) in [6.07, 6.45) is 1.30. The molecule has 0 fully saturated rings. The van der Waals surface area contributed by atoms with Crippen molar-refractivity contribution in [1.82, 2.24) is 5.43 Å². The van der Waals surface area contributed by atoms with Crippen molar-refractivity contribution in [3.05, 3.63) is 65.2 Å².